The van der Waals surface area contributed by atoms with Gasteiger partial charge in [0.05, 0.1) is 24.4 Å². The number of fused-ring (bicyclic) bond motifs is 2. The average Bonchev–Trinajstić information content (AvgIpc) is 3.37. The third-order valence-electron chi connectivity index (χ3n) is 5.98. The molecule has 0 unspecified atom stereocenters. The fraction of sp³-hybridized carbons (Fsp3) is 0.381. The van der Waals surface area contributed by atoms with Gasteiger partial charge in [0, 0.05) is 31.0 Å². The maximum Gasteiger partial charge on any atom is 0.267 e. The van der Waals surface area contributed by atoms with E-state index in [0.29, 0.717) is 38.1 Å². The quantitative estimate of drug-likeness (QED) is 0.705. The third-order valence-corrected chi connectivity index (χ3v) is 5.98. The number of aromatic amines is 2. The van der Waals surface area contributed by atoms with Gasteiger partial charge in [-0.2, -0.15) is 5.10 Å². The van der Waals surface area contributed by atoms with Gasteiger partial charge in [-0.1, -0.05) is 18.2 Å². The van der Waals surface area contributed by atoms with Crippen LogP contribution in [0.4, 0.5) is 0 Å². The molecule has 8 nitrogen and oxygen atoms in total. The lowest BCUT2D eigenvalue weighted by Gasteiger charge is -2.43. The minimum absolute atomic E-state index is 0.0317. The molecular weight excluding hydrogens is 370 g/mol. The Kier molecular flexibility index (Phi) is 4.35. The first-order valence-electron chi connectivity index (χ1n) is 9.96. The molecule has 8 heteroatoms. The highest BCUT2D eigenvalue weighted by molar-refractivity contribution is 5.78. The van der Waals surface area contributed by atoms with E-state index >= 15 is 0 Å². The first kappa shape index (κ1) is 17.9. The van der Waals surface area contributed by atoms with Gasteiger partial charge in [0.15, 0.2) is 0 Å². The van der Waals surface area contributed by atoms with Gasteiger partial charge < -0.3 is 14.7 Å². The summed E-state index contributed by atoms with van der Waals surface area (Å²) in [6, 6.07) is 10.1. The molecule has 0 radical (unpaired) electrons. The molecule has 2 aliphatic rings. The molecule has 3 aromatic rings. The summed E-state index contributed by atoms with van der Waals surface area (Å²) in [5.74, 6) is -0.0317. The summed E-state index contributed by atoms with van der Waals surface area (Å²) in [5, 5.41) is 9.99. The lowest BCUT2D eigenvalue weighted by atomic mass is 9.83. The van der Waals surface area contributed by atoms with Crippen molar-refractivity contribution in [1.29, 1.82) is 0 Å². The van der Waals surface area contributed by atoms with Gasteiger partial charge in [-0.3, -0.25) is 14.7 Å². The summed E-state index contributed by atoms with van der Waals surface area (Å²) in [7, 11) is 0. The number of para-hydroxylation sites is 1. The van der Waals surface area contributed by atoms with Gasteiger partial charge in [-0.15, -0.1) is 0 Å². The normalized spacial score (nSPS) is 18.0. The average molecular weight is 393 g/mol. The molecule has 4 heterocycles. The molecule has 29 heavy (non-hydrogen) atoms. The zero-order chi connectivity index (χ0) is 19.8. The van der Waals surface area contributed by atoms with Crippen LogP contribution in [-0.4, -0.2) is 50.5 Å². The molecule has 1 fully saturated rings. The molecule has 2 aliphatic heterocycles. The molecule has 0 saturated carbocycles. The van der Waals surface area contributed by atoms with Crippen LogP contribution in [0.15, 0.2) is 47.5 Å². The number of nitrogens with zero attached hydrogens (tertiary/aromatic N) is 3. The zero-order valence-corrected chi connectivity index (χ0v) is 16.1. The largest absolute Gasteiger partial charge is 0.368 e. The Balaban J connectivity index is 1.34. The van der Waals surface area contributed by atoms with Crippen LogP contribution in [0, 0.1) is 0 Å². The second-order valence-electron chi connectivity index (χ2n) is 7.70. The number of ether oxygens (including phenoxy) is 1. The number of amides is 1. The molecule has 1 aromatic carbocycles. The standard InChI is InChI=1S/C21H23N5O3/c27-18(12-16-13-22-23-20(16)28)25-9-7-21(8-10-25)19-15(6-11-29-21)14-26(24-19)17-4-2-1-3-5-17/h1-5,13-14H,6-12H2,(H2,22,23,28). The Morgan fingerprint density at radius 1 is 1.21 bits per heavy atom. The predicted molar refractivity (Wildman–Crippen MR) is 106 cm³/mol. The predicted octanol–water partition coefficient (Wildman–Crippen LogP) is 1.52. The summed E-state index contributed by atoms with van der Waals surface area (Å²) in [6.45, 7) is 1.86. The van der Waals surface area contributed by atoms with Crippen molar-refractivity contribution in [1.82, 2.24) is 24.9 Å². The highest BCUT2D eigenvalue weighted by Crippen LogP contribution is 2.41. The van der Waals surface area contributed by atoms with Crippen LogP contribution < -0.4 is 5.56 Å². The Morgan fingerprint density at radius 3 is 2.72 bits per heavy atom. The number of likely N-dealkylation sites (tertiary alicyclic amines) is 1. The van der Waals surface area contributed by atoms with Crippen molar-refractivity contribution < 1.29 is 9.53 Å². The fourth-order valence-electron chi connectivity index (χ4n) is 4.35. The van der Waals surface area contributed by atoms with E-state index in [-0.39, 0.29) is 17.9 Å². The van der Waals surface area contributed by atoms with Gasteiger partial charge in [-0.25, -0.2) is 4.68 Å². The number of H-pyrrole nitrogens is 2. The van der Waals surface area contributed by atoms with Gasteiger partial charge in [0.25, 0.3) is 5.56 Å². The molecule has 1 amide bonds. The van der Waals surface area contributed by atoms with Crippen LogP contribution in [0.5, 0.6) is 0 Å². The number of nitrogens with one attached hydrogen (secondary N) is 2. The number of aromatic nitrogens is 4. The maximum absolute atomic E-state index is 12.6. The van der Waals surface area contributed by atoms with Gasteiger partial charge in [0.1, 0.15) is 5.60 Å². The lowest BCUT2D eigenvalue weighted by molar-refractivity contribution is -0.140. The van der Waals surface area contributed by atoms with Crippen molar-refractivity contribution in [3.8, 4) is 5.69 Å². The van der Waals surface area contributed by atoms with E-state index in [0.717, 1.165) is 17.8 Å². The van der Waals surface area contributed by atoms with E-state index < -0.39 is 5.60 Å². The Hall–Kier alpha value is -3.13. The van der Waals surface area contributed by atoms with E-state index in [2.05, 4.69) is 16.4 Å². The molecule has 2 N–H and O–H groups in total. The van der Waals surface area contributed by atoms with E-state index in [1.807, 2.05) is 39.9 Å². The monoisotopic (exact) mass is 393 g/mol. The molecular formula is C21H23N5O3. The first-order chi connectivity index (χ1) is 14.1. The number of carbonyl (C=O) groups excluding carboxylic acids is 1. The van der Waals surface area contributed by atoms with Crippen LogP contribution in [0.25, 0.3) is 5.69 Å². The van der Waals surface area contributed by atoms with Crippen LogP contribution >= 0.6 is 0 Å². The minimum Gasteiger partial charge on any atom is -0.368 e. The van der Waals surface area contributed by atoms with Gasteiger partial charge >= 0.3 is 0 Å². The van der Waals surface area contributed by atoms with Crippen LogP contribution in [-0.2, 0) is 28.0 Å². The van der Waals surface area contributed by atoms with Crippen LogP contribution in [0.1, 0.15) is 29.7 Å². The van der Waals surface area contributed by atoms with Crippen molar-refractivity contribution in [2.45, 2.75) is 31.3 Å². The van der Waals surface area contributed by atoms with Crippen molar-refractivity contribution in [2.75, 3.05) is 19.7 Å². The molecule has 0 aliphatic carbocycles. The Morgan fingerprint density at radius 2 is 2.00 bits per heavy atom. The summed E-state index contributed by atoms with van der Waals surface area (Å²) < 4.78 is 8.19. The number of carbonyl (C=O) groups is 1. The topological polar surface area (TPSA) is 96.0 Å². The molecule has 0 atom stereocenters. The maximum atomic E-state index is 12.6. The minimum atomic E-state index is -0.435. The lowest BCUT2D eigenvalue weighted by Crippen LogP contribution is -2.49. The van der Waals surface area contributed by atoms with E-state index in [9.17, 15) is 9.59 Å². The van der Waals surface area contributed by atoms with Crippen molar-refractivity contribution in [3.63, 3.8) is 0 Å². The highest BCUT2D eigenvalue weighted by atomic mass is 16.5. The SMILES string of the molecule is O=C(Cc1c[nH][nH]c1=O)N1CCC2(CC1)OCCc1cn(-c3ccccc3)nc12. The summed E-state index contributed by atoms with van der Waals surface area (Å²) >= 11 is 0. The number of benzene rings is 1. The Labute approximate surface area is 167 Å². The smallest absolute Gasteiger partial charge is 0.267 e. The van der Waals surface area contributed by atoms with Crippen LogP contribution in [0.2, 0.25) is 0 Å². The van der Waals surface area contributed by atoms with E-state index in [1.165, 1.54) is 5.56 Å². The van der Waals surface area contributed by atoms with Crippen molar-refractivity contribution in [3.05, 3.63) is 69.9 Å². The molecule has 2 aromatic heterocycles. The van der Waals surface area contributed by atoms with Gasteiger partial charge in [-0.05, 0) is 37.0 Å². The molecule has 0 bridgehead atoms. The molecule has 5 rings (SSSR count). The van der Waals surface area contributed by atoms with Gasteiger partial charge in [0.2, 0.25) is 5.91 Å². The van der Waals surface area contributed by atoms with Crippen molar-refractivity contribution >= 4 is 5.91 Å². The summed E-state index contributed by atoms with van der Waals surface area (Å²) in [5.41, 5.74) is 3.05. The number of hydrogen-bond acceptors (Lipinski definition) is 4. The highest BCUT2D eigenvalue weighted by Gasteiger charge is 2.44. The molecule has 1 spiro atoms. The fourth-order valence-corrected chi connectivity index (χ4v) is 4.35. The van der Waals surface area contributed by atoms with E-state index in [1.54, 1.807) is 6.20 Å². The molecule has 1 saturated heterocycles. The number of piperidine rings is 1. The van der Waals surface area contributed by atoms with E-state index in [4.69, 9.17) is 9.84 Å². The summed E-state index contributed by atoms with van der Waals surface area (Å²) in [6.07, 6.45) is 6.04. The first-order valence-corrected chi connectivity index (χ1v) is 9.96. The third kappa shape index (κ3) is 3.19. The van der Waals surface area contributed by atoms with Crippen LogP contribution in [0.3, 0.4) is 0 Å². The van der Waals surface area contributed by atoms with Crippen molar-refractivity contribution in [2.24, 2.45) is 0 Å². The zero-order valence-electron chi connectivity index (χ0n) is 16.1. The molecule has 150 valence electrons. The summed E-state index contributed by atoms with van der Waals surface area (Å²) in [4.78, 5) is 26.1. The Bertz CT molecular complexity index is 1070. The number of hydrogen-bond donors (Lipinski definition) is 2. The number of rotatable bonds is 3. The second kappa shape index (κ2) is 7.04. The second-order valence-corrected chi connectivity index (χ2v) is 7.70.